The fourth-order valence-electron chi connectivity index (χ4n) is 3.49. The van der Waals surface area contributed by atoms with Gasteiger partial charge in [-0.2, -0.15) is 10.2 Å². The quantitative estimate of drug-likeness (QED) is 0.522. The van der Waals surface area contributed by atoms with Crippen LogP contribution in [0.4, 0.5) is 14.5 Å². The average molecular weight is 409 g/mol. The fourth-order valence-corrected chi connectivity index (χ4v) is 3.49. The molecule has 0 aliphatic carbocycles. The Morgan fingerprint density at radius 2 is 1.87 bits per heavy atom. The Morgan fingerprint density at radius 1 is 1.07 bits per heavy atom. The maximum Gasteiger partial charge on any atom is 0.259 e. The van der Waals surface area contributed by atoms with Crippen molar-refractivity contribution in [2.24, 2.45) is 0 Å². The van der Waals surface area contributed by atoms with E-state index in [1.165, 1.54) is 4.68 Å². The number of anilines is 1. The van der Waals surface area contributed by atoms with E-state index >= 15 is 0 Å². The highest BCUT2D eigenvalue weighted by molar-refractivity contribution is 6.09. The minimum Gasteiger partial charge on any atom is -0.322 e. The molecule has 6 nitrogen and oxygen atoms in total. The Balaban J connectivity index is 1.65. The van der Waals surface area contributed by atoms with Crippen LogP contribution in [0.15, 0.2) is 49.1 Å². The molecule has 3 heterocycles. The second-order valence-electron chi connectivity index (χ2n) is 7.37. The molecule has 0 aliphatic rings. The molecule has 1 aromatic carbocycles. The molecule has 0 fully saturated rings. The van der Waals surface area contributed by atoms with Crippen molar-refractivity contribution in [1.82, 2.24) is 19.4 Å². The highest BCUT2D eigenvalue weighted by Crippen LogP contribution is 2.29. The second-order valence-corrected chi connectivity index (χ2v) is 7.37. The van der Waals surface area contributed by atoms with Gasteiger partial charge in [-0.1, -0.05) is 12.1 Å². The lowest BCUT2D eigenvalue weighted by Gasteiger charge is -2.12. The average Bonchev–Trinajstić information content (AvgIpc) is 3.30. The molecule has 1 amide bonds. The lowest BCUT2D eigenvalue weighted by Crippen LogP contribution is -2.13. The zero-order valence-corrected chi connectivity index (χ0v) is 16.9. The van der Waals surface area contributed by atoms with Gasteiger partial charge in [0.25, 0.3) is 12.3 Å². The standard InChI is InChI=1S/C22H21F2N5O/c1-13-4-5-20-18(9-26-29(20)10-13)22(30)27-19-7-17(14(2)6-15(19)3)16-8-25-28(11-16)12-21(23)24/h4-11,21H,12H2,1-3H3,(H,27,30). The third kappa shape index (κ3) is 3.80. The van der Waals surface area contributed by atoms with Crippen molar-refractivity contribution in [1.29, 1.82) is 0 Å². The van der Waals surface area contributed by atoms with Gasteiger partial charge in [-0.3, -0.25) is 9.48 Å². The van der Waals surface area contributed by atoms with Crippen LogP contribution in [0.25, 0.3) is 16.6 Å². The van der Waals surface area contributed by atoms with E-state index in [1.807, 2.05) is 51.2 Å². The normalized spacial score (nSPS) is 11.4. The number of fused-ring (bicyclic) bond motifs is 1. The molecule has 8 heteroatoms. The van der Waals surface area contributed by atoms with E-state index in [9.17, 15) is 13.6 Å². The Kier molecular flexibility index (Phi) is 5.07. The number of nitrogens with one attached hydrogen (secondary N) is 1. The van der Waals surface area contributed by atoms with Crippen LogP contribution in [0.1, 0.15) is 27.0 Å². The van der Waals surface area contributed by atoms with Crippen LogP contribution in [0.3, 0.4) is 0 Å². The van der Waals surface area contributed by atoms with Gasteiger partial charge in [0.05, 0.1) is 23.5 Å². The zero-order valence-electron chi connectivity index (χ0n) is 16.9. The molecule has 0 saturated carbocycles. The summed E-state index contributed by atoms with van der Waals surface area (Å²) >= 11 is 0. The summed E-state index contributed by atoms with van der Waals surface area (Å²) in [5.41, 5.74) is 6.29. The predicted molar refractivity (Wildman–Crippen MR) is 111 cm³/mol. The lowest BCUT2D eigenvalue weighted by atomic mass is 9.99. The van der Waals surface area contributed by atoms with Gasteiger partial charge in [0.2, 0.25) is 0 Å². The zero-order chi connectivity index (χ0) is 21.4. The first-order chi connectivity index (χ1) is 14.3. The maximum atomic E-state index is 12.9. The monoisotopic (exact) mass is 409 g/mol. The van der Waals surface area contributed by atoms with Crippen molar-refractivity contribution >= 4 is 17.1 Å². The van der Waals surface area contributed by atoms with E-state index < -0.39 is 13.0 Å². The maximum absolute atomic E-state index is 12.9. The van der Waals surface area contributed by atoms with Gasteiger partial charge in [0.15, 0.2) is 0 Å². The molecule has 154 valence electrons. The van der Waals surface area contributed by atoms with Gasteiger partial charge < -0.3 is 5.32 Å². The van der Waals surface area contributed by atoms with Crippen LogP contribution in [0.2, 0.25) is 0 Å². The molecule has 0 atom stereocenters. The van der Waals surface area contributed by atoms with E-state index in [4.69, 9.17) is 0 Å². The van der Waals surface area contributed by atoms with Crippen LogP contribution in [0, 0.1) is 20.8 Å². The number of aromatic nitrogens is 4. The number of pyridine rings is 1. The van der Waals surface area contributed by atoms with E-state index in [1.54, 1.807) is 23.1 Å². The smallest absolute Gasteiger partial charge is 0.259 e. The molecular weight excluding hydrogens is 388 g/mol. The van der Waals surface area contributed by atoms with Gasteiger partial charge in [-0.25, -0.2) is 13.3 Å². The van der Waals surface area contributed by atoms with Crippen LogP contribution in [0.5, 0.6) is 0 Å². The molecule has 4 aromatic rings. The number of halogens is 2. The number of carbonyl (C=O) groups is 1. The molecule has 0 bridgehead atoms. The summed E-state index contributed by atoms with van der Waals surface area (Å²) in [7, 11) is 0. The number of nitrogens with zero attached hydrogens (tertiary/aromatic N) is 4. The summed E-state index contributed by atoms with van der Waals surface area (Å²) in [6.07, 6.45) is 4.07. The topological polar surface area (TPSA) is 64.2 Å². The Bertz CT molecular complexity index is 1240. The molecule has 4 rings (SSSR count). The summed E-state index contributed by atoms with van der Waals surface area (Å²) < 4.78 is 28.1. The Morgan fingerprint density at radius 3 is 2.63 bits per heavy atom. The lowest BCUT2D eigenvalue weighted by molar-refractivity contribution is 0.102. The molecule has 3 aromatic heterocycles. The van der Waals surface area contributed by atoms with E-state index in [-0.39, 0.29) is 5.91 Å². The summed E-state index contributed by atoms with van der Waals surface area (Å²) in [6.45, 7) is 5.35. The second kappa shape index (κ2) is 7.70. The summed E-state index contributed by atoms with van der Waals surface area (Å²) in [5, 5.41) is 11.2. The first-order valence-corrected chi connectivity index (χ1v) is 9.49. The molecule has 30 heavy (non-hydrogen) atoms. The van der Waals surface area contributed by atoms with Gasteiger partial charge in [-0.05, 0) is 55.2 Å². The number of hydrogen-bond donors (Lipinski definition) is 1. The number of amides is 1. The van der Waals surface area contributed by atoms with Gasteiger partial charge in [-0.15, -0.1) is 0 Å². The number of hydrogen-bond acceptors (Lipinski definition) is 3. The summed E-state index contributed by atoms with van der Waals surface area (Å²) in [4.78, 5) is 12.9. The van der Waals surface area contributed by atoms with Gasteiger partial charge in [0, 0.05) is 23.6 Å². The Hall–Kier alpha value is -3.55. The largest absolute Gasteiger partial charge is 0.322 e. The van der Waals surface area contributed by atoms with E-state index in [0.29, 0.717) is 11.3 Å². The number of benzene rings is 1. The molecule has 0 saturated heterocycles. The van der Waals surface area contributed by atoms with E-state index in [2.05, 4.69) is 15.5 Å². The Labute approximate surface area is 172 Å². The van der Waals surface area contributed by atoms with Crippen molar-refractivity contribution in [2.45, 2.75) is 33.7 Å². The summed E-state index contributed by atoms with van der Waals surface area (Å²) in [6, 6.07) is 7.60. The number of rotatable bonds is 5. The third-order valence-electron chi connectivity index (χ3n) is 5.00. The SMILES string of the molecule is Cc1ccc2c(C(=O)Nc3cc(-c4cnn(CC(F)F)c4)c(C)cc3C)cnn2c1. The molecule has 0 spiro atoms. The number of carbonyl (C=O) groups excluding carboxylic acids is 1. The van der Waals surface area contributed by atoms with Crippen molar-refractivity contribution in [2.75, 3.05) is 5.32 Å². The van der Waals surface area contributed by atoms with Crippen molar-refractivity contribution in [3.05, 3.63) is 71.3 Å². The molecule has 0 aliphatic heterocycles. The van der Waals surface area contributed by atoms with Crippen LogP contribution < -0.4 is 5.32 Å². The van der Waals surface area contributed by atoms with E-state index in [0.717, 1.165) is 33.3 Å². The predicted octanol–water partition coefficient (Wildman–Crippen LogP) is 4.64. The van der Waals surface area contributed by atoms with Crippen molar-refractivity contribution in [3.63, 3.8) is 0 Å². The van der Waals surface area contributed by atoms with Crippen LogP contribution in [-0.4, -0.2) is 31.7 Å². The third-order valence-corrected chi connectivity index (χ3v) is 5.00. The molecule has 1 N–H and O–H groups in total. The highest BCUT2D eigenvalue weighted by atomic mass is 19.3. The number of alkyl halides is 2. The first kappa shape index (κ1) is 19.8. The van der Waals surface area contributed by atoms with Gasteiger partial charge in [0.1, 0.15) is 6.54 Å². The molecular formula is C22H21F2N5O. The first-order valence-electron chi connectivity index (χ1n) is 9.49. The van der Waals surface area contributed by atoms with Crippen molar-refractivity contribution in [3.8, 4) is 11.1 Å². The van der Waals surface area contributed by atoms with Gasteiger partial charge >= 0.3 is 0 Å². The van der Waals surface area contributed by atoms with Crippen LogP contribution >= 0.6 is 0 Å². The highest BCUT2D eigenvalue weighted by Gasteiger charge is 2.16. The minimum atomic E-state index is -2.47. The van der Waals surface area contributed by atoms with Crippen molar-refractivity contribution < 1.29 is 13.6 Å². The molecule has 0 unspecified atom stereocenters. The fraction of sp³-hybridized carbons (Fsp3) is 0.227. The molecule has 0 radical (unpaired) electrons. The minimum absolute atomic E-state index is 0.264. The number of aryl methyl sites for hydroxylation is 3. The van der Waals surface area contributed by atoms with Crippen LogP contribution in [-0.2, 0) is 6.54 Å². The summed E-state index contributed by atoms with van der Waals surface area (Å²) in [5.74, 6) is -0.264.